The molecule has 1 atom stereocenters. The Kier molecular flexibility index (Phi) is 4.66. The summed E-state index contributed by atoms with van der Waals surface area (Å²) in [5.41, 5.74) is 0.572. The van der Waals surface area contributed by atoms with E-state index in [0.29, 0.717) is 30.7 Å². The summed E-state index contributed by atoms with van der Waals surface area (Å²) in [6.07, 6.45) is 2.77. The van der Waals surface area contributed by atoms with E-state index in [1.54, 1.807) is 24.3 Å². The molecular formula is C17H18N4O5S. The largest absolute Gasteiger partial charge is 0.467 e. The van der Waals surface area contributed by atoms with Crippen LogP contribution in [0.1, 0.15) is 18.6 Å². The van der Waals surface area contributed by atoms with Crippen LogP contribution in [0, 0.1) is 5.92 Å². The van der Waals surface area contributed by atoms with Crippen LogP contribution in [0.25, 0.3) is 11.0 Å². The van der Waals surface area contributed by atoms with E-state index < -0.39 is 15.9 Å². The van der Waals surface area contributed by atoms with Gasteiger partial charge in [-0.3, -0.25) is 4.79 Å². The van der Waals surface area contributed by atoms with E-state index in [0.717, 1.165) is 0 Å². The van der Waals surface area contributed by atoms with Crippen molar-refractivity contribution in [3.8, 4) is 0 Å². The molecule has 9 nitrogen and oxygen atoms in total. The molecule has 0 spiro atoms. The summed E-state index contributed by atoms with van der Waals surface area (Å²) in [7, 11) is -3.81. The molecule has 0 saturated carbocycles. The Balaban J connectivity index is 1.50. The fourth-order valence-corrected chi connectivity index (χ4v) is 4.90. The monoisotopic (exact) mass is 390 g/mol. The van der Waals surface area contributed by atoms with Crippen molar-refractivity contribution in [3.63, 3.8) is 0 Å². The van der Waals surface area contributed by atoms with Crippen LogP contribution < -0.4 is 5.32 Å². The molecule has 1 N–H and O–H groups in total. The van der Waals surface area contributed by atoms with E-state index in [2.05, 4.69) is 20.3 Å². The summed E-state index contributed by atoms with van der Waals surface area (Å²) in [5.74, 6) is 0.0413. The Bertz CT molecular complexity index is 1040. The molecule has 3 aromatic rings. The molecule has 10 heteroatoms. The summed E-state index contributed by atoms with van der Waals surface area (Å²) in [6, 6.07) is 8.21. The van der Waals surface area contributed by atoms with E-state index in [9.17, 15) is 13.2 Å². The van der Waals surface area contributed by atoms with Gasteiger partial charge in [0.05, 0.1) is 18.7 Å². The van der Waals surface area contributed by atoms with Gasteiger partial charge in [-0.1, -0.05) is 6.07 Å². The van der Waals surface area contributed by atoms with Gasteiger partial charge >= 0.3 is 0 Å². The fourth-order valence-electron chi connectivity index (χ4n) is 3.24. The summed E-state index contributed by atoms with van der Waals surface area (Å²) in [6.45, 7) is 0.749. The van der Waals surface area contributed by atoms with Crippen LogP contribution in [0.2, 0.25) is 0 Å². The van der Waals surface area contributed by atoms with Crippen molar-refractivity contribution in [1.29, 1.82) is 0 Å². The topological polar surface area (TPSA) is 119 Å². The van der Waals surface area contributed by atoms with Gasteiger partial charge in [0.15, 0.2) is 5.52 Å². The first-order chi connectivity index (χ1) is 13.1. The standard InChI is InChI=1S/C17H18N4O5S/c22-17(18-10-13-5-3-9-25-13)12-4-2-8-21(11-12)27(23,24)15-7-1-6-14-16(15)20-26-19-14/h1,3,5-7,9,12H,2,4,8,10-11H2,(H,18,22)/t12-/m0/s1. The van der Waals surface area contributed by atoms with Crippen LogP contribution in [0.4, 0.5) is 0 Å². The number of carbonyl (C=O) groups is 1. The third-order valence-electron chi connectivity index (χ3n) is 4.64. The quantitative estimate of drug-likeness (QED) is 0.702. The molecule has 0 bridgehead atoms. The highest BCUT2D eigenvalue weighted by Gasteiger charge is 2.34. The summed E-state index contributed by atoms with van der Waals surface area (Å²) < 4.78 is 37.3. The molecule has 4 rings (SSSR count). The van der Waals surface area contributed by atoms with Crippen molar-refractivity contribution in [2.45, 2.75) is 24.3 Å². The lowest BCUT2D eigenvalue weighted by atomic mass is 9.99. The predicted molar refractivity (Wildman–Crippen MR) is 93.8 cm³/mol. The Morgan fingerprint density at radius 1 is 1.26 bits per heavy atom. The minimum absolute atomic E-state index is 0.0397. The normalized spacial score (nSPS) is 18.6. The average Bonchev–Trinajstić information content (AvgIpc) is 3.37. The fraction of sp³-hybridized carbons (Fsp3) is 0.353. The van der Waals surface area contributed by atoms with Crippen LogP contribution in [0.3, 0.4) is 0 Å². The average molecular weight is 390 g/mol. The van der Waals surface area contributed by atoms with Gasteiger partial charge in [0.2, 0.25) is 15.9 Å². The lowest BCUT2D eigenvalue weighted by Crippen LogP contribution is -2.45. The maximum absolute atomic E-state index is 13.1. The first-order valence-corrected chi connectivity index (χ1v) is 10.0. The molecule has 1 fully saturated rings. The van der Waals surface area contributed by atoms with Gasteiger partial charge in [0.25, 0.3) is 0 Å². The molecule has 0 radical (unpaired) electrons. The number of furan rings is 1. The van der Waals surface area contributed by atoms with E-state index in [1.165, 1.54) is 16.6 Å². The first-order valence-electron chi connectivity index (χ1n) is 8.57. The molecule has 0 unspecified atom stereocenters. The molecule has 1 aliphatic rings. The van der Waals surface area contributed by atoms with Gasteiger partial charge in [-0.2, -0.15) is 4.31 Å². The lowest BCUT2D eigenvalue weighted by Gasteiger charge is -2.31. The Labute approximate surface area is 155 Å². The molecule has 27 heavy (non-hydrogen) atoms. The number of hydrogen-bond donors (Lipinski definition) is 1. The third-order valence-corrected chi connectivity index (χ3v) is 6.54. The van der Waals surface area contributed by atoms with Crippen molar-refractivity contribution in [3.05, 3.63) is 42.4 Å². The van der Waals surface area contributed by atoms with Gasteiger partial charge in [0, 0.05) is 13.1 Å². The number of carbonyl (C=O) groups excluding carboxylic acids is 1. The first kappa shape index (κ1) is 17.7. The minimum Gasteiger partial charge on any atom is -0.467 e. The van der Waals surface area contributed by atoms with E-state index >= 15 is 0 Å². The Hall–Kier alpha value is -2.72. The van der Waals surface area contributed by atoms with Crippen LogP contribution in [0.15, 0.2) is 50.5 Å². The predicted octanol–water partition coefficient (Wildman–Crippen LogP) is 1.53. The highest BCUT2D eigenvalue weighted by atomic mass is 32.2. The second-order valence-corrected chi connectivity index (χ2v) is 8.29. The van der Waals surface area contributed by atoms with Crippen molar-refractivity contribution in [1.82, 2.24) is 19.9 Å². The number of fused-ring (bicyclic) bond motifs is 1. The number of aromatic nitrogens is 2. The van der Waals surface area contributed by atoms with E-state index in [4.69, 9.17) is 4.42 Å². The molecule has 2 aromatic heterocycles. The molecular weight excluding hydrogens is 372 g/mol. The van der Waals surface area contributed by atoms with Crippen LogP contribution in [0.5, 0.6) is 0 Å². The van der Waals surface area contributed by atoms with E-state index in [-0.39, 0.29) is 29.4 Å². The number of piperidine rings is 1. The Morgan fingerprint density at radius 2 is 2.15 bits per heavy atom. The van der Waals surface area contributed by atoms with Gasteiger partial charge < -0.3 is 9.73 Å². The van der Waals surface area contributed by atoms with Crippen LogP contribution in [-0.4, -0.2) is 42.0 Å². The zero-order chi connectivity index (χ0) is 18.9. The molecule has 142 valence electrons. The smallest absolute Gasteiger partial charge is 0.245 e. The number of amides is 1. The maximum atomic E-state index is 13.1. The second kappa shape index (κ2) is 7.12. The SMILES string of the molecule is O=C(NCc1ccco1)[C@H]1CCCN(S(=O)(=O)c2cccc3nonc23)C1. The Morgan fingerprint density at radius 3 is 2.96 bits per heavy atom. The van der Waals surface area contributed by atoms with Crippen molar-refractivity contribution < 1.29 is 22.3 Å². The zero-order valence-corrected chi connectivity index (χ0v) is 15.2. The highest BCUT2D eigenvalue weighted by molar-refractivity contribution is 7.89. The lowest BCUT2D eigenvalue weighted by molar-refractivity contribution is -0.126. The zero-order valence-electron chi connectivity index (χ0n) is 14.4. The van der Waals surface area contributed by atoms with Gasteiger partial charge in [-0.15, -0.1) is 0 Å². The van der Waals surface area contributed by atoms with E-state index in [1.807, 2.05) is 0 Å². The number of sulfonamides is 1. The molecule has 0 aliphatic carbocycles. The molecule has 1 saturated heterocycles. The number of nitrogens with one attached hydrogen (secondary N) is 1. The molecule has 3 heterocycles. The summed E-state index contributed by atoms with van der Waals surface area (Å²) in [4.78, 5) is 12.5. The van der Waals surface area contributed by atoms with Crippen LogP contribution in [-0.2, 0) is 21.4 Å². The number of hydrogen-bond acceptors (Lipinski definition) is 7. The van der Waals surface area contributed by atoms with Gasteiger partial charge in [-0.25, -0.2) is 13.0 Å². The third kappa shape index (κ3) is 3.45. The number of nitrogens with zero attached hydrogens (tertiary/aromatic N) is 3. The van der Waals surface area contributed by atoms with Gasteiger partial charge in [0.1, 0.15) is 16.2 Å². The molecule has 1 amide bonds. The van der Waals surface area contributed by atoms with Gasteiger partial charge in [-0.05, 0) is 47.4 Å². The number of benzene rings is 1. The summed E-state index contributed by atoms with van der Waals surface area (Å²) >= 11 is 0. The molecule has 1 aliphatic heterocycles. The number of rotatable bonds is 5. The van der Waals surface area contributed by atoms with Crippen molar-refractivity contribution in [2.75, 3.05) is 13.1 Å². The van der Waals surface area contributed by atoms with Crippen molar-refractivity contribution in [2.24, 2.45) is 5.92 Å². The second-order valence-electron chi connectivity index (χ2n) is 6.39. The summed E-state index contributed by atoms with van der Waals surface area (Å²) in [5, 5.41) is 10.2. The highest BCUT2D eigenvalue weighted by Crippen LogP contribution is 2.27. The maximum Gasteiger partial charge on any atom is 0.245 e. The minimum atomic E-state index is -3.81. The molecule has 1 aromatic carbocycles. The van der Waals surface area contributed by atoms with Crippen LogP contribution >= 0.6 is 0 Å². The van der Waals surface area contributed by atoms with Crippen molar-refractivity contribution >= 4 is 27.0 Å².